The van der Waals surface area contributed by atoms with E-state index in [0.717, 1.165) is 11.1 Å². The normalized spacial score (nSPS) is 20.7. The van der Waals surface area contributed by atoms with Gasteiger partial charge in [0.25, 0.3) is 0 Å². The summed E-state index contributed by atoms with van der Waals surface area (Å²) in [4.78, 5) is 48.8. The minimum absolute atomic E-state index is 0.000676. The van der Waals surface area contributed by atoms with Crippen LogP contribution in [0.15, 0.2) is 67.0 Å². The van der Waals surface area contributed by atoms with Gasteiger partial charge in [0.2, 0.25) is 17.7 Å². The van der Waals surface area contributed by atoms with Crippen molar-refractivity contribution in [1.29, 1.82) is 0 Å². The second-order valence-corrected chi connectivity index (χ2v) is 10.4. The first kappa shape index (κ1) is 26.4. The SMILES string of the molecule is C[C@@H](CC(=O)N1C2CN(Cc3nccn3C)C(=O)[C@H](Cc3ccc(O)cc3)N2C(=O)CN1C)c1ccccc1. The monoisotopic (exact) mass is 530 g/mol. The van der Waals surface area contributed by atoms with Gasteiger partial charge in [-0.3, -0.25) is 19.4 Å². The Morgan fingerprint density at radius 1 is 1.08 bits per heavy atom. The van der Waals surface area contributed by atoms with Crippen LogP contribution < -0.4 is 0 Å². The maximum atomic E-state index is 13.9. The number of nitrogens with zero attached hydrogens (tertiary/aromatic N) is 6. The van der Waals surface area contributed by atoms with E-state index in [1.807, 2.05) is 55.1 Å². The third-order valence-electron chi connectivity index (χ3n) is 7.66. The molecule has 3 amide bonds. The molecule has 2 saturated heterocycles. The van der Waals surface area contributed by atoms with Crippen molar-refractivity contribution < 1.29 is 19.5 Å². The average molecular weight is 531 g/mol. The summed E-state index contributed by atoms with van der Waals surface area (Å²) in [5, 5.41) is 13.1. The van der Waals surface area contributed by atoms with Crippen molar-refractivity contribution in [2.75, 3.05) is 20.1 Å². The number of hydrogen-bond acceptors (Lipinski definition) is 6. The van der Waals surface area contributed by atoms with Gasteiger partial charge >= 0.3 is 0 Å². The summed E-state index contributed by atoms with van der Waals surface area (Å²) in [6, 6.07) is 15.7. The fourth-order valence-electron chi connectivity index (χ4n) is 5.54. The van der Waals surface area contributed by atoms with Gasteiger partial charge in [-0.15, -0.1) is 0 Å². The fraction of sp³-hybridized carbons (Fsp3) is 0.379. The highest BCUT2D eigenvalue weighted by atomic mass is 16.3. The van der Waals surface area contributed by atoms with Crippen molar-refractivity contribution in [3.63, 3.8) is 0 Å². The number of phenols is 1. The van der Waals surface area contributed by atoms with E-state index >= 15 is 0 Å². The number of aromatic hydroxyl groups is 1. The number of aryl methyl sites for hydroxylation is 1. The fourth-order valence-corrected chi connectivity index (χ4v) is 5.54. The standard InChI is InChI=1S/C29H34N6O4/c1-20(22-7-5-4-6-8-22)15-27(37)35-26-18-33(17-25-30-13-14-31(25)2)29(39)24(34(26)28(38)19-32(35)3)16-21-9-11-23(36)12-10-21/h4-14,20,24,26,36H,15-19H2,1-3H3/t20-,24-,26?/m0/s1. The van der Waals surface area contributed by atoms with Crippen LogP contribution in [0.3, 0.4) is 0 Å². The summed E-state index contributed by atoms with van der Waals surface area (Å²) >= 11 is 0. The Bertz CT molecular complexity index is 1340. The van der Waals surface area contributed by atoms with E-state index in [-0.39, 0.29) is 61.9 Å². The lowest BCUT2D eigenvalue weighted by molar-refractivity contribution is -0.203. The Morgan fingerprint density at radius 3 is 2.46 bits per heavy atom. The number of amides is 3. The molecule has 0 saturated carbocycles. The van der Waals surface area contributed by atoms with Gasteiger partial charge in [-0.25, -0.2) is 9.99 Å². The Balaban J connectivity index is 1.47. The summed E-state index contributed by atoms with van der Waals surface area (Å²) in [6.07, 6.45) is 3.39. The molecule has 5 rings (SSSR count). The molecule has 0 aliphatic carbocycles. The van der Waals surface area contributed by atoms with Gasteiger partial charge in [-0.2, -0.15) is 0 Å². The molecule has 1 unspecified atom stereocenters. The molecule has 0 radical (unpaired) electrons. The zero-order chi connectivity index (χ0) is 27.7. The third kappa shape index (κ3) is 5.37. The van der Waals surface area contributed by atoms with Crippen molar-refractivity contribution in [2.24, 2.45) is 7.05 Å². The molecule has 2 aromatic carbocycles. The van der Waals surface area contributed by atoms with E-state index in [4.69, 9.17) is 0 Å². The van der Waals surface area contributed by atoms with E-state index in [1.165, 1.54) is 0 Å². The van der Waals surface area contributed by atoms with Crippen LogP contribution in [0, 0.1) is 0 Å². The molecule has 0 bridgehead atoms. The zero-order valence-electron chi connectivity index (χ0n) is 22.5. The second-order valence-electron chi connectivity index (χ2n) is 10.4. The minimum atomic E-state index is -0.795. The molecule has 0 spiro atoms. The van der Waals surface area contributed by atoms with E-state index in [2.05, 4.69) is 4.98 Å². The van der Waals surface area contributed by atoms with Crippen LogP contribution in [0.25, 0.3) is 0 Å². The number of piperazine rings is 1. The highest BCUT2D eigenvalue weighted by Crippen LogP contribution is 2.30. The van der Waals surface area contributed by atoms with Crippen LogP contribution >= 0.6 is 0 Å². The minimum Gasteiger partial charge on any atom is -0.508 e. The van der Waals surface area contributed by atoms with Crippen LogP contribution in [0.2, 0.25) is 0 Å². The van der Waals surface area contributed by atoms with Crippen LogP contribution in [-0.4, -0.2) is 84.5 Å². The number of benzene rings is 2. The topological polar surface area (TPSA) is 102 Å². The molecule has 3 heterocycles. The maximum absolute atomic E-state index is 13.9. The number of hydrazine groups is 1. The number of phenolic OH excluding ortho intramolecular Hbond substituents is 1. The van der Waals surface area contributed by atoms with Crippen LogP contribution in [0.1, 0.15) is 36.2 Å². The number of carbonyl (C=O) groups is 3. The predicted octanol–water partition coefficient (Wildman–Crippen LogP) is 2.12. The van der Waals surface area contributed by atoms with Gasteiger partial charge in [0.05, 0.1) is 19.6 Å². The Labute approximate surface area is 228 Å². The Kier molecular flexibility index (Phi) is 7.38. The van der Waals surface area contributed by atoms with E-state index < -0.39 is 12.2 Å². The van der Waals surface area contributed by atoms with Crippen molar-refractivity contribution in [1.82, 2.24) is 29.4 Å². The van der Waals surface area contributed by atoms with Crippen molar-refractivity contribution in [2.45, 2.75) is 44.4 Å². The van der Waals surface area contributed by atoms with Gasteiger partial charge in [0, 0.05) is 39.3 Å². The first-order valence-corrected chi connectivity index (χ1v) is 13.1. The highest BCUT2D eigenvalue weighted by Gasteiger charge is 2.50. The summed E-state index contributed by atoms with van der Waals surface area (Å²) in [5.41, 5.74) is 1.88. The molecule has 204 valence electrons. The van der Waals surface area contributed by atoms with Crippen LogP contribution in [0.5, 0.6) is 5.75 Å². The van der Waals surface area contributed by atoms with Crippen LogP contribution in [-0.2, 0) is 34.4 Å². The average Bonchev–Trinajstić information content (AvgIpc) is 3.32. The van der Waals surface area contributed by atoms with E-state index in [0.29, 0.717) is 5.82 Å². The molecule has 10 heteroatoms. The van der Waals surface area contributed by atoms with Crippen molar-refractivity contribution in [3.8, 4) is 5.75 Å². The molecule has 3 atom stereocenters. The smallest absolute Gasteiger partial charge is 0.246 e. The molecule has 2 aliphatic heterocycles. The predicted molar refractivity (Wildman–Crippen MR) is 144 cm³/mol. The molecule has 3 aromatic rings. The molecule has 1 N–H and O–H groups in total. The molecule has 1 aromatic heterocycles. The lowest BCUT2D eigenvalue weighted by Crippen LogP contribution is -2.75. The number of aromatic nitrogens is 2. The first-order valence-electron chi connectivity index (χ1n) is 13.1. The summed E-state index contributed by atoms with van der Waals surface area (Å²) in [7, 11) is 3.62. The van der Waals surface area contributed by atoms with Gasteiger partial charge in [0.15, 0.2) is 0 Å². The lowest BCUT2D eigenvalue weighted by Gasteiger charge is -2.54. The number of likely N-dealkylation sites (N-methyl/N-ethyl adjacent to an activating group) is 1. The summed E-state index contributed by atoms with van der Waals surface area (Å²) in [5.74, 6) is 0.335. The number of imidazole rings is 1. The Hall–Kier alpha value is -4.18. The summed E-state index contributed by atoms with van der Waals surface area (Å²) < 4.78 is 1.86. The van der Waals surface area contributed by atoms with Gasteiger partial charge in [0.1, 0.15) is 23.8 Å². The molecule has 2 fully saturated rings. The van der Waals surface area contributed by atoms with E-state index in [1.54, 1.807) is 57.3 Å². The number of rotatable bonds is 7. The molecular weight excluding hydrogens is 496 g/mol. The third-order valence-corrected chi connectivity index (χ3v) is 7.66. The number of hydrogen-bond donors (Lipinski definition) is 1. The molecule has 2 aliphatic rings. The van der Waals surface area contributed by atoms with Crippen molar-refractivity contribution >= 4 is 17.7 Å². The number of fused-ring (bicyclic) bond motifs is 1. The highest BCUT2D eigenvalue weighted by molar-refractivity contribution is 5.91. The summed E-state index contributed by atoms with van der Waals surface area (Å²) in [6.45, 7) is 2.46. The maximum Gasteiger partial charge on any atom is 0.246 e. The second kappa shape index (κ2) is 10.9. The largest absolute Gasteiger partial charge is 0.508 e. The zero-order valence-corrected chi connectivity index (χ0v) is 22.5. The number of carbonyl (C=O) groups excluding carboxylic acids is 3. The van der Waals surface area contributed by atoms with Gasteiger partial charge in [-0.1, -0.05) is 49.4 Å². The molecular formula is C29H34N6O4. The van der Waals surface area contributed by atoms with Crippen LogP contribution in [0.4, 0.5) is 0 Å². The van der Waals surface area contributed by atoms with Gasteiger partial charge in [-0.05, 0) is 29.2 Å². The molecule has 10 nitrogen and oxygen atoms in total. The quantitative estimate of drug-likeness (QED) is 0.502. The first-order chi connectivity index (χ1) is 18.7. The van der Waals surface area contributed by atoms with Gasteiger partial charge < -0.3 is 19.5 Å². The Morgan fingerprint density at radius 2 is 1.79 bits per heavy atom. The van der Waals surface area contributed by atoms with Crippen molar-refractivity contribution in [3.05, 3.63) is 83.9 Å². The van der Waals surface area contributed by atoms with E-state index in [9.17, 15) is 19.5 Å². The molecule has 39 heavy (non-hydrogen) atoms. The lowest BCUT2D eigenvalue weighted by atomic mass is 9.96.